The molecule has 2 amide bonds. The Hall–Kier alpha value is -1.86. The zero-order valence-electron chi connectivity index (χ0n) is 15.2. The van der Waals surface area contributed by atoms with Gasteiger partial charge in [-0.15, -0.1) is 0 Å². The SMILES string of the molecule is CCS(=O)(=O)N1CCC(NC(=O)N2CC=C(c3ccccc3)CC2)CC1. The molecule has 0 spiro atoms. The molecule has 2 heterocycles. The highest BCUT2D eigenvalue weighted by Gasteiger charge is 2.28. The van der Waals surface area contributed by atoms with Gasteiger partial charge in [0.25, 0.3) is 0 Å². The van der Waals surface area contributed by atoms with Gasteiger partial charge in [0.05, 0.1) is 5.75 Å². The number of urea groups is 1. The molecular formula is C19H27N3O3S. The molecule has 1 aromatic carbocycles. The topological polar surface area (TPSA) is 69.7 Å². The van der Waals surface area contributed by atoms with Gasteiger partial charge in [-0.3, -0.25) is 0 Å². The number of sulfonamides is 1. The zero-order valence-corrected chi connectivity index (χ0v) is 16.0. The van der Waals surface area contributed by atoms with Crippen molar-refractivity contribution in [2.75, 3.05) is 31.9 Å². The molecule has 0 saturated carbocycles. The summed E-state index contributed by atoms with van der Waals surface area (Å²) in [5, 5.41) is 3.07. The maximum Gasteiger partial charge on any atom is 0.317 e. The lowest BCUT2D eigenvalue weighted by Crippen LogP contribution is -2.51. The molecular weight excluding hydrogens is 350 g/mol. The summed E-state index contributed by atoms with van der Waals surface area (Å²) in [5.41, 5.74) is 2.50. The minimum atomic E-state index is -3.12. The lowest BCUT2D eigenvalue weighted by molar-refractivity contribution is 0.192. The van der Waals surface area contributed by atoms with Gasteiger partial charge in [-0.1, -0.05) is 36.4 Å². The van der Waals surface area contributed by atoms with Crippen molar-refractivity contribution in [2.45, 2.75) is 32.2 Å². The monoisotopic (exact) mass is 377 g/mol. The molecule has 0 unspecified atom stereocenters. The molecule has 26 heavy (non-hydrogen) atoms. The number of nitrogens with zero attached hydrogens (tertiary/aromatic N) is 2. The van der Waals surface area contributed by atoms with Gasteiger partial charge in [0.15, 0.2) is 0 Å². The van der Waals surface area contributed by atoms with Gasteiger partial charge in [0, 0.05) is 32.2 Å². The van der Waals surface area contributed by atoms with Crippen LogP contribution in [0.4, 0.5) is 4.79 Å². The van der Waals surface area contributed by atoms with Gasteiger partial charge in [0.2, 0.25) is 10.0 Å². The smallest absolute Gasteiger partial charge is 0.317 e. The van der Waals surface area contributed by atoms with Crippen LogP contribution >= 0.6 is 0 Å². The zero-order chi connectivity index (χ0) is 18.6. The molecule has 1 N–H and O–H groups in total. The molecule has 1 saturated heterocycles. The van der Waals surface area contributed by atoms with Crippen molar-refractivity contribution in [3.05, 3.63) is 42.0 Å². The van der Waals surface area contributed by atoms with E-state index in [1.165, 1.54) is 15.4 Å². The van der Waals surface area contributed by atoms with Crippen molar-refractivity contribution in [3.63, 3.8) is 0 Å². The highest BCUT2D eigenvalue weighted by molar-refractivity contribution is 7.89. The first kappa shape index (κ1) is 18.9. The summed E-state index contributed by atoms with van der Waals surface area (Å²) in [6.45, 7) is 3.95. The minimum absolute atomic E-state index is 0.0466. The van der Waals surface area contributed by atoms with E-state index in [4.69, 9.17) is 0 Å². The van der Waals surface area contributed by atoms with Gasteiger partial charge in [-0.05, 0) is 37.3 Å². The maximum absolute atomic E-state index is 12.5. The van der Waals surface area contributed by atoms with Crippen molar-refractivity contribution in [1.82, 2.24) is 14.5 Å². The number of amides is 2. The van der Waals surface area contributed by atoms with E-state index in [1.54, 1.807) is 6.92 Å². The van der Waals surface area contributed by atoms with E-state index in [9.17, 15) is 13.2 Å². The minimum Gasteiger partial charge on any atom is -0.335 e. The molecule has 3 rings (SSSR count). The summed E-state index contributed by atoms with van der Waals surface area (Å²) in [6.07, 6.45) is 4.31. The standard InChI is InChI=1S/C19H27N3O3S/c1-2-26(24,25)22-14-10-18(11-15-22)20-19(23)21-12-8-17(9-13-21)16-6-4-3-5-7-16/h3-8,18H,2,9-15H2,1H3,(H,20,23). The van der Waals surface area contributed by atoms with E-state index < -0.39 is 10.0 Å². The number of piperidine rings is 1. The molecule has 2 aliphatic heterocycles. The molecule has 142 valence electrons. The second-order valence-electron chi connectivity index (χ2n) is 6.81. The molecule has 0 aromatic heterocycles. The summed E-state index contributed by atoms with van der Waals surface area (Å²) in [5.74, 6) is 0.133. The molecule has 0 radical (unpaired) electrons. The Morgan fingerprint density at radius 1 is 1.15 bits per heavy atom. The van der Waals surface area contributed by atoms with Crippen LogP contribution in [0.3, 0.4) is 0 Å². The molecule has 1 aromatic rings. The third kappa shape index (κ3) is 4.45. The van der Waals surface area contributed by atoms with Crippen LogP contribution in [0.5, 0.6) is 0 Å². The lowest BCUT2D eigenvalue weighted by Gasteiger charge is -2.33. The van der Waals surface area contributed by atoms with Crippen LogP contribution in [-0.4, -0.2) is 61.6 Å². The van der Waals surface area contributed by atoms with E-state index >= 15 is 0 Å². The van der Waals surface area contributed by atoms with Gasteiger partial charge >= 0.3 is 6.03 Å². The Kier molecular flexibility index (Phi) is 5.98. The van der Waals surface area contributed by atoms with E-state index in [0.29, 0.717) is 39.0 Å². The number of hydrogen-bond acceptors (Lipinski definition) is 3. The van der Waals surface area contributed by atoms with Gasteiger partial charge in [0.1, 0.15) is 0 Å². The number of rotatable bonds is 4. The van der Waals surface area contributed by atoms with Crippen LogP contribution in [0.2, 0.25) is 0 Å². The number of benzene rings is 1. The van der Waals surface area contributed by atoms with Crippen LogP contribution in [0.15, 0.2) is 36.4 Å². The fourth-order valence-corrected chi connectivity index (χ4v) is 4.63. The quantitative estimate of drug-likeness (QED) is 0.875. The average molecular weight is 378 g/mol. The molecule has 7 heteroatoms. The van der Waals surface area contributed by atoms with Crippen molar-refractivity contribution in [1.29, 1.82) is 0 Å². The first-order chi connectivity index (χ1) is 12.5. The first-order valence-corrected chi connectivity index (χ1v) is 10.9. The van der Waals surface area contributed by atoms with Crippen LogP contribution < -0.4 is 5.32 Å². The first-order valence-electron chi connectivity index (χ1n) is 9.27. The van der Waals surface area contributed by atoms with Crippen molar-refractivity contribution < 1.29 is 13.2 Å². The summed E-state index contributed by atoms with van der Waals surface area (Å²) < 4.78 is 25.3. The third-order valence-corrected chi connectivity index (χ3v) is 7.06. The summed E-state index contributed by atoms with van der Waals surface area (Å²) in [4.78, 5) is 14.3. The Bertz CT molecular complexity index is 753. The predicted octanol–water partition coefficient (Wildman–Crippen LogP) is 2.30. The van der Waals surface area contributed by atoms with Crippen LogP contribution in [0.25, 0.3) is 5.57 Å². The van der Waals surface area contributed by atoms with Gasteiger partial charge in [-0.2, -0.15) is 0 Å². The van der Waals surface area contributed by atoms with Gasteiger partial charge in [-0.25, -0.2) is 17.5 Å². The number of hydrogen-bond donors (Lipinski definition) is 1. The molecule has 0 aliphatic carbocycles. The molecule has 1 fully saturated rings. The summed E-state index contributed by atoms with van der Waals surface area (Å²) >= 11 is 0. The Morgan fingerprint density at radius 3 is 2.42 bits per heavy atom. The van der Waals surface area contributed by atoms with E-state index in [0.717, 1.165) is 6.42 Å². The predicted molar refractivity (Wildman–Crippen MR) is 103 cm³/mol. The largest absolute Gasteiger partial charge is 0.335 e. The maximum atomic E-state index is 12.5. The van der Waals surface area contributed by atoms with E-state index in [1.807, 2.05) is 23.1 Å². The Labute approximate surface area is 155 Å². The molecule has 2 aliphatic rings. The summed E-state index contributed by atoms with van der Waals surface area (Å²) in [6, 6.07) is 10.2. The number of nitrogens with one attached hydrogen (secondary N) is 1. The van der Waals surface area contributed by atoms with Crippen LogP contribution in [0, 0.1) is 0 Å². The molecule has 0 atom stereocenters. The van der Waals surface area contributed by atoms with Crippen LogP contribution in [0.1, 0.15) is 31.7 Å². The molecule has 0 bridgehead atoms. The van der Waals surface area contributed by atoms with Crippen molar-refractivity contribution in [3.8, 4) is 0 Å². The van der Waals surface area contributed by atoms with Crippen molar-refractivity contribution >= 4 is 21.6 Å². The Balaban J connectivity index is 1.49. The summed E-state index contributed by atoms with van der Waals surface area (Å²) in [7, 11) is -3.12. The molecule has 6 nitrogen and oxygen atoms in total. The van der Waals surface area contributed by atoms with Gasteiger partial charge < -0.3 is 10.2 Å². The Morgan fingerprint density at radius 2 is 1.85 bits per heavy atom. The second kappa shape index (κ2) is 8.22. The third-order valence-electron chi connectivity index (χ3n) is 5.18. The van der Waals surface area contributed by atoms with E-state index in [2.05, 4.69) is 23.5 Å². The normalized spacial score (nSPS) is 19.9. The van der Waals surface area contributed by atoms with Crippen LogP contribution in [-0.2, 0) is 10.0 Å². The average Bonchev–Trinajstić information content (AvgIpc) is 2.69. The number of carbonyl (C=O) groups excluding carboxylic acids is 1. The highest BCUT2D eigenvalue weighted by atomic mass is 32.2. The highest BCUT2D eigenvalue weighted by Crippen LogP contribution is 2.22. The lowest BCUT2D eigenvalue weighted by atomic mass is 10.00. The number of carbonyl (C=O) groups is 1. The van der Waals surface area contributed by atoms with Crippen molar-refractivity contribution in [2.24, 2.45) is 0 Å². The fraction of sp³-hybridized carbons (Fsp3) is 0.526. The van der Waals surface area contributed by atoms with E-state index in [-0.39, 0.29) is 17.8 Å². The fourth-order valence-electron chi connectivity index (χ4n) is 3.49. The second-order valence-corrected chi connectivity index (χ2v) is 9.07.